The summed E-state index contributed by atoms with van der Waals surface area (Å²) in [6, 6.07) is 13.8. The van der Waals surface area contributed by atoms with E-state index in [4.69, 9.17) is 0 Å². The van der Waals surface area contributed by atoms with Gasteiger partial charge in [-0.05, 0) is 85.8 Å². The van der Waals surface area contributed by atoms with Crippen molar-refractivity contribution in [3.05, 3.63) is 63.1 Å². The van der Waals surface area contributed by atoms with Crippen molar-refractivity contribution >= 4 is 27.5 Å². The van der Waals surface area contributed by atoms with Gasteiger partial charge in [-0.1, -0.05) is 40.2 Å². The Bertz CT molecular complexity index is 928. The zero-order valence-electron chi connectivity index (χ0n) is 17.1. The quantitative estimate of drug-likeness (QED) is 0.619. The van der Waals surface area contributed by atoms with Crippen LogP contribution in [0.1, 0.15) is 66.3 Å². The van der Waals surface area contributed by atoms with Gasteiger partial charge in [-0.15, -0.1) is 0 Å². The molecule has 2 aromatic rings. The summed E-state index contributed by atoms with van der Waals surface area (Å²) in [4.78, 5) is 14.4. The van der Waals surface area contributed by atoms with Gasteiger partial charge in [0, 0.05) is 29.2 Å². The van der Waals surface area contributed by atoms with Crippen LogP contribution in [-0.2, 0) is 11.2 Å². The second-order valence-electron chi connectivity index (χ2n) is 9.00. The lowest BCUT2D eigenvalue weighted by molar-refractivity contribution is -0.133. The van der Waals surface area contributed by atoms with Gasteiger partial charge < -0.3 is 10.2 Å². The molecule has 0 unspecified atom stereocenters. The molecule has 1 atom stereocenters. The predicted molar refractivity (Wildman–Crippen MR) is 121 cm³/mol. The lowest BCUT2D eigenvalue weighted by Crippen LogP contribution is -2.38. The molecule has 0 radical (unpaired) electrons. The summed E-state index contributed by atoms with van der Waals surface area (Å²) in [6.45, 7) is 4.06. The molecule has 2 aliphatic carbocycles. The van der Waals surface area contributed by atoms with Gasteiger partial charge in [0.1, 0.15) is 0 Å². The van der Waals surface area contributed by atoms with E-state index < -0.39 is 0 Å². The second kappa shape index (κ2) is 7.79. The number of benzene rings is 2. The van der Waals surface area contributed by atoms with Crippen molar-refractivity contribution < 1.29 is 4.79 Å². The van der Waals surface area contributed by atoms with Gasteiger partial charge in [0.2, 0.25) is 5.91 Å². The zero-order chi connectivity index (χ0) is 20.0. The third kappa shape index (κ3) is 3.84. The molecule has 1 saturated heterocycles. The zero-order valence-corrected chi connectivity index (χ0v) is 18.7. The topological polar surface area (TPSA) is 32.3 Å². The number of fused-ring (bicyclic) bond motifs is 1. The number of hydrogen-bond donors (Lipinski definition) is 1. The number of aryl methyl sites for hydroxylation is 2. The molecule has 1 heterocycles. The van der Waals surface area contributed by atoms with Crippen LogP contribution in [0.3, 0.4) is 0 Å². The van der Waals surface area contributed by atoms with Crippen LogP contribution in [0.15, 0.2) is 40.9 Å². The summed E-state index contributed by atoms with van der Waals surface area (Å²) in [5.74, 6) is 1.33. The summed E-state index contributed by atoms with van der Waals surface area (Å²) in [6.07, 6.45) is 6.68. The van der Waals surface area contributed by atoms with E-state index in [0.717, 1.165) is 51.6 Å². The molecule has 4 heteroatoms. The highest BCUT2D eigenvalue weighted by atomic mass is 79.9. The molecule has 0 bridgehead atoms. The van der Waals surface area contributed by atoms with Crippen molar-refractivity contribution in [2.75, 3.05) is 18.4 Å². The number of amides is 1. The maximum atomic E-state index is 12.3. The molecule has 29 heavy (non-hydrogen) atoms. The summed E-state index contributed by atoms with van der Waals surface area (Å²) >= 11 is 3.74. The Labute approximate surface area is 182 Å². The Morgan fingerprint density at radius 1 is 1.07 bits per heavy atom. The monoisotopic (exact) mass is 452 g/mol. The Morgan fingerprint density at radius 2 is 1.86 bits per heavy atom. The fourth-order valence-electron chi connectivity index (χ4n) is 5.09. The first kappa shape index (κ1) is 19.2. The molecule has 0 spiro atoms. The summed E-state index contributed by atoms with van der Waals surface area (Å²) in [5.41, 5.74) is 6.87. The molecule has 1 aliphatic heterocycles. The first-order valence-corrected chi connectivity index (χ1v) is 11.8. The molecule has 1 N–H and O–H groups in total. The molecule has 3 aliphatic rings. The molecule has 1 amide bonds. The largest absolute Gasteiger partial charge is 0.378 e. The van der Waals surface area contributed by atoms with E-state index in [0.29, 0.717) is 23.8 Å². The average Bonchev–Trinajstić information content (AvgIpc) is 3.50. The number of halogens is 1. The van der Waals surface area contributed by atoms with Crippen molar-refractivity contribution in [1.29, 1.82) is 0 Å². The van der Waals surface area contributed by atoms with Gasteiger partial charge in [0.15, 0.2) is 0 Å². The molecule has 152 valence electrons. The van der Waals surface area contributed by atoms with Crippen molar-refractivity contribution in [2.45, 2.75) is 57.4 Å². The molecule has 1 saturated carbocycles. The van der Waals surface area contributed by atoms with E-state index in [1.807, 2.05) is 0 Å². The van der Waals surface area contributed by atoms with Crippen LogP contribution >= 0.6 is 15.9 Å². The van der Waals surface area contributed by atoms with Crippen molar-refractivity contribution in [3.63, 3.8) is 0 Å². The number of nitrogens with zero attached hydrogens (tertiary/aromatic N) is 1. The molecular formula is C25H29BrN2O. The maximum absolute atomic E-state index is 12.3. The maximum Gasteiger partial charge on any atom is 0.225 e. The van der Waals surface area contributed by atoms with Gasteiger partial charge in [-0.2, -0.15) is 0 Å². The first-order valence-electron chi connectivity index (χ1n) is 11.0. The molecule has 5 rings (SSSR count). The van der Waals surface area contributed by atoms with Crippen LogP contribution in [-0.4, -0.2) is 23.9 Å². The van der Waals surface area contributed by atoms with Gasteiger partial charge in [-0.3, -0.25) is 4.79 Å². The first-order chi connectivity index (χ1) is 14.1. The molecule has 0 aromatic heterocycles. The predicted octanol–water partition coefficient (Wildman–Crippen LogP) is 5.97. The molecule has 2 fully saturated rings. The minimum atomic E-state index is 0.347. The number of nitrogens with one attached hydrogen (secondary N) is 1. The smallest absolute Gasteiger partial charge is 0.225 e. The number of piperidine rings is 1. The van der Waals surface area contributed by atoms with Crippen LogP contribution in [0.2, 0.25) is 0 Å². The minimum absolute atomic E-state index is 0.347. The van der Waals surface area contributed by atoms with Crippen LogP contribution in [0.5, 0.6) is 0 Å². The van der Waals surface area contributed by atoms with Gasteiger partial charge in [0.05, 0.1) is 6.04 Å². The van der Waals surface area contributed by atoms with Gasteiger partial charge >= 0.3 is 0 Å². The van der Waals surface area contributed by atoms with Crippen LogP contribution < -0.4 is 5.32 Å². The summed E-state index contributed by atoms with van der Waals surface area (Å²) < 4.78 is 1.21. The molecular weight excluding hydrogens is 424 g/mol. The van der Waals surface area contributed by atoms with Crippen LogP contribution in [0.25, 0.3) is 0 Å². The number of carbonyl (C=O) groups excluding carboxylic acids is 1. The fraction of sp³-hybridized carbons (Fsp3) is 0.480. The van der Waals surface area contributed by atoms with E-state index in [-0.39, 0.29) is 0 Å². The summed E-state index contributed by atoms with van der Waals surface area (Å²) in [5, 5.41) is 3.79. The minimum Gasteiger partial charge on any atom is -0.378 e. The third-order valence-electron chi connectivity index (χ3n) is 6.98. The van der Waals surface area contributed by atoms with E-state index >= 15 is 0 Å². The Morgan fingerprint density at radius 3 is 2.59 bits per heavy atom. The van der Waals surface area contributed by atoms with Crippen molar-refractivity contribution in [1.82, 2.24) is 4.90 Å². The van der Waals surface area contributed by atoms with Gasteiger partial charge in [0.25, 0.3) is 0 Å². The van der Waals surface area contributed by atoms with E-state index in [1.54, 1.807) is 0 Å². The Kier molecular flexibility index (Phi) is 5.15. The molecule has 3 nitrogen and oxygen atoms in total. The van der Waals surface area contributed by atoms with E-state index in [1.165, 1.54) is 32.4 Å². The normalized spacial score (nSPS) is 21.9. The average molecular weight is 453 g/mol. The highest BCUT2D eigenvalue weighted by Crippen LogP contribution is 2.40. The number of carbonyl (C=O) groups is 1. The van der Waals surface area contributed by atoms with Gasteiger partial charge in [-0.25, -0.2) is 0 Å². The number of rotatable bonds is 4. The number of anilines is 1. The Balaban J connectivity index is 1.25. The SMILES string of the molecule is Cc1cc(C2CCN(C(=O)C3CC3)CC2)ccc1N[C@@H]1CCc2cccc(Br)c21. The van der Waals surface area contributed by atoms with Crippen molar-refractivity contribution in [2.24, 2.45) is 5.92 Å². The highest BCUT2D eigenvalue weighted by Gasteiger charge is 2.35. The van der Waals surface area contributed by atoms with E-state index in [9.17, 15) is 4.79 Å². The fourth-order valence-corrected chi connectivity index (χ4v) is 5.77. The lowest BCUT2D eigenvalue weighted by Gasteiger charge is -2.32. The highest BCUT2D eigenvalue weighted by molar-refractivity contribution is 9.10. The van der Waals surface area contributed by atoms with E-state index in [2.05, 4.69) is 69.5 Å². The molecule has 2 aromatic carbocycles. The van der Waals surface area contributed by atoms with Crippen LogP contribution in [0.4, 0.5) is 5.69 Å². The summed E-state index contributed by atoms with van der Waals surface area (Å²) in [7, 11) is 0. The Hall–Kier alpha value is -1.81. The lowest BCUT2D eigenvalue weighted by atomic mass is 9.88. The standard InChI is InChI=1S/C25H29BrN2O/c1-16-15-20(17-11-13-28(14-12-17)25(29)19-5-6-19)8-9-22(16)27-23-10-7-18-3-2-4-21(26)24(18)23/h2-4,8-9,15,17,19,23,27H,5-7,10-14H2,1H3/t23-/m1/s1. The van der Waals surface area contributed by atoms with Crippen LogP contribution in [0, 0.1) is 12.8 Å². The third-order valence-corrected chi connectivity index (χ3v) is 7.67. The van der Waals surface area contributed by atoms with Crippen molar-refractivity contribution in [3.8, 4) is 0 Å². The second-order valence-corrected chi connectivity index (χ2v) is 9.85. The number of hydrogen-bond acceptors (Lipinski definition) is 2. The number of likely N-dealkylation sites (tertiary alicyclic amines) is 1.